The van der Waals surface area contributed by atoms with Crippen LogP contribution in [0.1, 0.15) is 16.9 Å². The summed E-state index contributed by atoms with van der Waals surface area (Å²) in [7, 11) is 0. The van der Waals surface area contributed by atoms with Gasteiger partial charge in [-0.2, -0.15) is 0 Å². The minimum Gasteiger partial charge on any atom is -0.457 e. The molecule has 3 amide bonds. The van der Waals surface area contributed by atoms with Crippen LogP contribution in [0.15, 0.2) is 57.9 Å². The van der Waals surface area contributed by atoms with E-state index in [9.17, 15) is 14.4 Å². The molecule has 0 saturated carbocycles. The van der Waals surface area contributed by atoms with Crippen molar-refractivity contribution in [1.82, 2.24) is 4.90 Å². The number of imide groups is 1. The first-order valence-electron chi connectivity index (χ1n) is 9.89. The Morgan fingerprint density at radius 3 is 2.67 bits per heavy atom. The maximum atomic E-state index is 12.8. The molecule has 33 heavy (non-hydrogen) atoms. The van der Waals surface area contributed by atoms with Crippen LogP contribution < -0.4 is 5.32 Å². The highest BCUT2D eigenvalue weighted by molar-refractivity contribution is 8.18. The van der Waals surface area contributed by atoms with Crippen LogP contribution in [0.3, 0.4) is 0 Å². The Hall–Kier alpha value is -3.00. The number of carbonyl (C=O) groups is 3. The second-order valence-corrected chi connectivity index (χ2v) is 9.22. The third kappa shape index (κ3) is 5.00. The van der Waals surface area contributed by atoms with E-state index in [0.717, 1.165) is 27.8 Å². The zero-order chi connectivity index (χ0) is 23.7. The average Bonchev–Trinajstić information content (AvgIpc) is 3.32. The minimum absolute atomic E-state index is 0.164. The van der Waals surface area contributed by atoms with Crippen molar-refractivity contribution in [3.63, 3.8) is 0 Å². The number of hydrogen-bond acceptors (Lipinski definition) is 5. The largest absolute Gasteiger partial charge is 0.457 e. The molecule has 1 aromatic heterocycles. The van der Waals surface area contributed by atoms with E-state index in [4.69, 9.17) is 27.6 Å². The molecular formula is C24H18Cl2N2O4S. The monoisotopic (exact) mass is 500 g/mol. The summed E-state index contributed by atoms with van der Waals surface area (Å²) in [5.74, 6) is -0.173. The maximum absolute atomic E-state index is 12.8. The zero-order valence-electron chi connectivity index (χ0n) is 17.6. The molecule has 168 valence electrons. The van der Waals surface area contributed by atoms with E-state index in [1.807, 2.05) is 26.0 Å². The lowest BCUT2D eigenvalue weighted by Gasteiger charge is -2.13. The smallest absolute Gasteiger partial charge is 0.294 e. The molecule has 0 radical (unpaired) electrons. The molecule has 0 spiro atoms. The van der Waals surface area contributed by atoms with Crippen molar-refractivity contribution in [2.24, 2.45) is 0 Å². The van der Waals surface area contributed by atoms with Gasteiger partial charge in [0.1, 0.15) is 18.1 Å². The van der Waals surface area contributed by atoms with Crippen molar-refractivity contribution >= 4 is 63.8 Å². The van der Waals surface area contributed by atoms with Crippen molar-refractivity contribution in [2.45, 2.75) is 13.8 Å². The second-order valence-electron chi connectivity index (χ2n) is 7.44. The van der Waals surface area contributed by atoms with Crippen LogP contribution in [0, 0.1) is 13.8 Å². The Bertz CT molecular complexity index is 1320. The fourth-order valence-corrected chi connectivity index (χ4v) is 4.53. The number of thioether (sulfide) groups is 1. The van der Waals surface area contributed by atoms with E-state index in [0.29, 0.717) is 32.8 Å². The summed E-state index contributed by atoms with van der Waals surface area (Å²) in [5, 5.41) is 2.98. The molecule has 0 unspecified atom stereocenters. The molecule has 1 fully saturated rings. The number of nitrogens with zero attached hydrogens (tertiary/aromatic N) is 1. The number of furan rings is 1. The third-order valence-corrected chi connectivity index (χ3v) is 6.67. The molecule has 6 nitrogen and oxygen atoms in total. The molecule has 2 aromatic carbocycles. The lowest BCUT2D eigenvalue weighted by molar-refractivity contribution is -0.127. The lowest BCUT2D eigenvalue weighted by Crippen LogP contribution is -2.36. The van der Waals surface area contributed by atoms with Crippen LogP contribution in [0.2, 0.25) is 10.0 Å². The van der Waals surface area contributed by atoms with Crippen molar-refractivity contribution in [3.05, 3.63) is 80.4 Å². The van der Waals surface area contributed by atoms with Crippen molar-refractivity contribution < 1.29 is 18.8 Å². The molecule has 3 aromatic rings. The Morgan fingerprint density at radius 1 is 1.12 bits per heavy atom. The van der Waals surface area contributed by atoms with Gasteiger partial charge in [0.2, 0.25) is 5.91 Å². The molecular weight excluding hydrogens is 483 g/mol. The van der Waals surface area contributed by atoms with Crippen LogP contribution in [-0.4, -0.2) is 28.5 Å². The molecule has 1 aliphatic rings. The van der Waals surface area contributed by atoms with Gasteiger partial charge in [-0.25, -0.2) is 0 Å². The van der Waals surface area contributed by atoms with E-state index in [1.165, 1.54) is 6.08 Å². The summed E-state index contributed by atoms with van der Waals surface area (Å²) in [6.07, 6.45) is 1.47. The Morgan fingerprint density at radius 2 is 1.91 bits per heavy atom. The van der Waals surface area contributed by atoms with E-state index >= 15 is 0 Å². The SMILES string of the molecule is Cc1ccc(NC(=O)CN2C(=O)S/C(=C/c3ccc(-c4cccc(Cl)c4Cl)o3)C2=O)c(C)c1. The van der Waals surface area contributed by atoms with Crippen LogP contribution in [-0.2, 0) is 9.59 Å². The van der Waals surface area contributed by atoms with Gasteiger partial charge in [-0.3, -0.25) is 19.3 Å². The molecule has 4 rings (SSSR count). The van der Waals surface area contributed by atoms with E-state index in [1.54, 1.807) is 36.4 Å². The first kappa shape index (κ1) is 23.2. The van der Waals surface area contributed by atoms with Crippen molar-refractivity contribution in [3.8, 4) is 11.3 Å². The van der Waals surface area contributed by atoms with Gasteiger partial charge in [0, 0.05) is 17.3 Å². The molecule has 2 heterocycles. The van der Waals surface area contributed by atoms with Gasteiger partial charge in [-0.15, -0.1) is 0 Å². The van der Waals surface area contributed by atoms with Crippen LogP contribution in [0.4, 0.5) is 10.5 Å². The Balaban J connectivity index is 1.47. The third-order valence-electron chi connectivity index (χ3n) is 4.95. The van der Waals surface area contributed by atoms with Crippen molar-refractivity contribution in [1.29, 1.82) is 0 Å². The highest BCUT2D eigenvalue weighted by atomic mass is 35.5. The first-order valence-corrected chi connectivity index (χ1v) is 11.5. The first-order chi connectivity index (χ1) is 15.7. The summed E-state index contributed by atoms with van der Waals surface area (Å²) < 4.78 is 5.78. The number of halogens is 2. The number of amides is 3. The van der Waals surface area contributed by atoms with Crippen LogP contribution in [0.5, 0.6) is 0 Å². The van der Waals surface area contributed by atoms with Gasteiger partial charge in [0.15, 0.2) is 0 Å². The van der Waals surface area contributed by atoms with E-state index in [2.05, 4.69) is 5.32 Å². The van der Waals surface area contributed by atoms with Gasteiger partial charge >= 0.3 is 0 Å². The van der Waals surface area contributed by atoms with Gasteiger partial charge < -0.3 is 9.73 Å². The predicted molar refractivity (Wildman–Crippen MR) is 131 cm³/mol. The number of benzene rings is 2. The van der Waals surface area contributed by atoms with Gasteiger partial charge in [-0.05, 0) is 61.5 Å². The summed E-state index contributed by atoms with van der Waals surface area (Å²) >= 11 is 13.0. The van der Waals surface area contributed by atoms with Crippen LogP contribution >= 0.6 is 35.0 Å². The van der Waals surface area contributed by atoms with Gasteiger partial charge in [0.05, 0.1) is 15.0 Å². The summed E-state index contributed by atoms with van der Waals surface area (Å²) in [4.78, 5) is 38.7. The van der Waals surface area contributed by atoms with E-state index < -0.39 is 17.1 Å². The highest BCUT2D eigenvalue weighted by Crippen LogP contribution is 2.36. The molecule has 9 heteroatoms. The second kappa shape index (κ2) is 9.47. The lowest BCUT2D eigenvalue weighted by atomic mass is 10.1. The average molecular weight is 501 g/mol. The molecule has 1 saturated heterocycles. The van der Waals surface area contributed by atoms with Gasteiger partial charge in [-0.1, -0.05) is 47.0 Å². The number of carbonyl (C=O) groups excluding carboxylic acids is 3. The Labute approximate surface area is 204 Å². The number of hydrogen-bond donors (Lipinski definition) is 1. The zero-order valence-corrected chi connectivity index (χ0v) is 20.0. The topological polar surface area (TPSA) is 79.6 Å². The number of rotatable bonds is 5. The maximum Gasteiger partial charge on any atom is 0.294 e. The predicted octanol–water partition coefficient (Wildman–Crippen LogP) is 6.55. The summed E-state index contributed by atoms with van der Waals surface area (Å²) in [5.41, 5.74) is 3.21. The standard InChI is InChI=1S/C24H18Cl2N2O4S/c1-13-6-8-18(14(2)10-13)27-21(29)12-28-23(30)20(33-24(28)31)11-15-7-9-19(32-15)16-4-3-5-17(25)22(16)26/h3-11H,12H2,1-2H3,(H,27,29)/b20-11+. The molecule has 0 bridgehead atoms. The minimum atomic E-state index is -0.556. The molecule has 1 N–H and O–H groups in total. The summed E-state index contributed by atoms with van der Waals surface area (Å²) in [6.45, 7) is 3.45. The van der Waals surface area contributed by atoms with Crippen LogP contribution in [0.25, 0.3) is 17.4 Å². The van der Waals surface area contributed by atoms with E-state index in [-0.39, 0.29) is 11.4 Å². The van der Waals surface area contributed by atoms with Gasteiger partial charge in [0.25, 0.3) is 11.1 Å². The normalized spacial score (nSPS) is 14.9. The fraction of sp³-hybridized carbons (Fsp3) is 0.125. The molecule has 0 aliphatic carbocycles. The number of nitrogens with one attached hydrogen (secondary N) is 1. The molecule has 0 atom stereocenters. The number of aryl methyl sites for hydroxylation is 2. The highest BCUT2D eigenvalue weighted by Gasteiger charge is 2.36. The number of anilines is 1. The van der Waals surface area contributed by atoms with Crippen molar-refractivity contribution in [2.75, 3.05) is 11.9 Å². The Kier molecular flexibility index (Phi) is 6.65. The summed E-state index contributed by atoms with van der Waals surface area (Å²) in [6, 6.07) is 14.1. The quantitative estimate of drug-likeness (QED) is 0.402. The fourth-order valence-electron chi connectivity index (χ4n) is 3.32. The molecule has 1 aliphatic heterocycles.